The van der Waals surface area contributed by atoms with Crippen molar-refractivity contribution in [1.82, 2.24) is 4.98 Å². The first-order valence-corrected chi connectivity index (χ1v) is 7.42. The van der Waals surface area contributed by atoms with Crippen molar-refractivity contribution in [1.29, 1.82) is 0 Å². The molecule has 2 nitrogen and oxygen atoms in total. The summed E-state index contributed by atoms with van der Waals surface area (Å²) in [4.78, 5) is 3.40. The van der Waals surface area contributed by atoms with Crippen molar-refractivity contribution >= 4 is 34.7 Å². The molecule has 2 aromatic rings. The van der Waals surface area contributed by atoms with Crippen molar-refractivity contribution < 1.29 is 4.74 Å². The largest absolute Gasteiger partial charge is 0.494 e. The summed E-state index contributed by atoms with van der Waals surface area (Å²) in [5, 5.41) is 1.80. The zero-order valence-corrected chi connectivity index (χ0v) is 13.5. The number of fused-ring (bicyclic) bond motifs is 1. The number of nitrogens with one attached hydrogen (secondary N) is 1. The van der Waals surface area contributed by atoms with Crippen LogP contribution in [0, 0.1) is 11.4 Å². The molecule has 0 atom stereocenters. The molecule has 1 aromatic carbocycles. The highest BCUT2D eigenvalue weighted by Gasteiger charge is 2.07. The van der Waals surface area contributed by atoms with Crippen molar-refractivity contribution in [3.8, 4) is 5.75 Å². The molecule has 0 bridgehead atoms. The average Bonchev–Trinajstić information content (AvgIpc) is 2.39. The molecular formula is C16H18ClNOS. The van der Waals surface area contributed by atoms with Gasteiger partial charge in [-0.05, 0) is 51.0 Å². The number of allylic oxidation sites excluding steroid dienone is 2. The van der Waals surface area contributed by atoms with E-state index in [9.17, 15) is 0 Å². The van der Waals surface area contributed by atoms with E-state index in [0.29, 0.717) is 6.61 Å². The van der Waals surface area contributed by atoms with Gasteiger partial charge in [-0.1, -0.05) is 29.9 Å². The number of pyridine rings is 1. The minimum Gasteiger partial charge on any atom is -0.494 e. The Morgan fingerprint density at radius 2 is 2.20 bits per heavy atom. The second kappa shape index (κ2) is 6.42. The molecule has 0 saturated heterocycles. The standard InChI is InChI=1S/C16H18ClNOS/c1-4-19-12-6-8-15-14(9-12)16(20)13(11(3)18-15)7-5-10(2)17/h5-6,8-9H,4,7H2,1-3H3,(H,18,20)/b10-5+. The number of aromatic nitrogens is 1. The summed E-state index contributed by atoms with van der Waals surface area (Å²) >= 11 is 11.5. The highest BCUT2D eigenvalue weighted by atomic mass is 35.5. The first kappa shape index (κ1) is 15.1. The Morgan fingerprint density at radius 3 is 2.85 bits per heavy atom. The fourth-order valence-corrected chi connectivity index (χ4v) is 2.66. The van der Waals surface area contributed by atoms with Gasteiger partial charge in [0.15, 0.2) is 0 Å². The van der Waals surface area contributed by atoms with Crippen LogP contribution < -0.4 is 4.74 Å². The predicted molar refractivity (Wildman–Crippen MR) is 88.4 cm³/mol. The number of H-pyrrole nitrogens is 1. The van der Waals surface area contributed by atoms with E-state index in [1.807, 2.05) is 45.0 Å². The SMILES string of the molecule is CCOc1ccc2[nH]c(C)c(C/C=C(\C)Cl)c(=S)c2c1. The lowest BCUT2D eigenvalue weighted by molar-refractivity contribution is 0.340. The summed E-state index contributed by atoms with van der Waals surface area (Å²) in [6.07, 6.45) is 2.72. The van der Waals surface area contributed by atoms with Gasteiger partial charge in [0.05, 0.1) is 11.1 Å². The van der Waals surface area contributed by atoms with Crippen LogP contribution in [0.2, 0.25) is 0 Å². The normalized spacial score (nSPS) is 11.9. The topological polar surface area (TPSA) is 25.0 Å². The van der Waals surface area contributed by atoms with Gasteiger partial charge in [0, 0.05) is 21.6 Å². The Kier molecular flexibility index (Phi) is 4.84. The van der Waals surface area contributed by atoms with Gasteiger partial charge < -0.3 is 9.72 Å². The summed E-state index contributed by atoms with van der Waals surface area (Å²) in [6, 6.07) is 5.96. The smallest absolute Gasteiger partial charge is 0.120 e. The molecule has 1 heterocycles. The molecule has 0 aliphatic rings. The number of ether oxygens (including phenoxy) is 1. The summed E-state index contributed by atoms with van der Waals surface area (Å²) in [6.45, 7) is 6.53. The minimum absolute atomic E-state index is 0.648. The number of hydrogen-bond donors (Lipinski definition) is 1. The lowest BCUT2D eigenvalue weighted by Crippen LogP contribution is -1.96. The highest BCUT2D eigenvalue weighted by Crippen LogP contribution is 2.25. The van der Waals surface area contributed by atoms with Crippen LogP contribution >= 0.6 is 23.8 Å². The molecule has 4 heteroatoms. The van der Waals surface area contributed by atoms with Gasteiger partial charge in [0.2, 0.25) is 0 Å². The van der Waals surface area contributed by atoms with Crippen LogP contribution in [0.4, 0.5) is 0 Å². The zero-order valence-electron chi connectivity index (χ0n) is 11.9. The fourth-order valence-electron chi connectivity index (χ4n) is 2.18. The molecule has 1 aromatic heterocycles. The van der Waals surface area contributed by atoms with E-state index in [-0.39, 0.29) is 0 Å². The maximum atomic E-state index is 5.91. The Morgan fingerprint density at radius 1 is 1.45 bits per heavy atom. The number of aryl methyl sites for hydroxylation is 1. The van der Waals surface area contributed by atoms with Gasteiger partial charge in [0.25, 0.3) is 0 Å². The van der Waals surface area contributed by atoms with E-state index >= 15 is 0 Å². The highest BCUT2D eigenvalue weighted by molar-refractivity contribution is 7.71. The maximum absolute atomic E-state index is 5.91. The van der Waals surface area contributed by atoms with Crippen LogP contribution in [-0.2, 0) is 6.42 Å². The van der Waals surface area contributed by atoms with E-state index in [4.69, 9.17) is 28.6 Å². The molecule has 0 aliphatic carbocycles. The van der Waals surface area contributed by atoms with Crippen LogP contribution in [0.25, 0.3) is 10.9 Å². The third-order valence-corrected chi connectivity index (χ3v) is 3.80. The lowest BCUT2D eigenvalue weighted by Gasteiger charge is -2.10. The number of hydrogen-bond acceptors (Lipinski definition) is 2. The number of benzene rings is 1. The Balaban J connectivity index is 2.59. The van der Waals surface area contributed by atoms with Gasteiger partial charge in [0.1, 0.15) is 5.75 Å². The molecule has 0 unspecified atom stereocenters. The van der Waals surface area contributed by atoms with E-state index in [1.165, 1.54) is 0 Å². The van der Waals surface area contributed by atoms with Crippen molar-refractivity contribution in [2.24, 2.45) is 0 Å². The first-order chi connectivity index (χ1) is 9.52. The van der Waals surface area contributed by atoms with Gasteiger partial charge in [-0.15, -0.1) is 0 Å². The van der Waals surface area contributed by atoms with E-state index in [0.717, 1.165) is 43.9 Å². The molecule has 2 rings (SSSR count). The summed E-state index contributed by atoms with van der Waals surface area (Å²) in [7, 11) is 0. The quantitative estimate of drug-likeness (QED) is 0.776. The van der Waals surface area contributed by atoms with Crippen molar-refractivity contribution in [2.75, 3.05) is 6.61 Å². The monoisotopic (exact) mass is 307 g/mol. The molecule has 106 valence electrons. The molecule has 20 heavy (non-hydrogen) atoms. The average molecular weight is 308 g/mol. The van der Waals surface area contributed by atoms with Crippen LogP contribution in [0.1, 0.15) is 25.1 Å². The lowest BCUT2D eigenvalue weighted by atomic mass is 10.1. The predicted octanol–water partition coefficient (Wildman–Crippen LogP) is 5.29. The van der Waals surface area contributed by atoms with Gasteiger partial charge in [-0.2, -0.15) is 0 Å². The molecular weight excluding hydrogens is 290 g/mol. The molecule has 0 radical (unpaired) electrons. The molecule has 0 aliphatic heterocycles. The van der Waals surface area contributed by atoms with E-state index in [2.05, 4.69) is 4.98 Å². The first-order valence-electron chi connectivity index (χ1n) is 6.63. The van der Waals surface area contributed by atoms with Crippen molar-refractivity contribution in [2.45, 2.75) is 27.2 Å². The molecule has 0 amide bonds. The fraction of sp³-hybridized carbons (Fsp3) is 0.312. The van der Waals surface area contributed by atoms with Crippen LogP contribution in [-0.4, -0.2) is 11.6 Å². The molecule has 0 spiro atoms. The number of halogens is 1. The second-order valence-electron chi connectivity index (χ2n) is 4.69. The maximum Gasteiger partial charge on any atom is 0.120 e. The van der Waals surface area contributed by atoms with Gasteiger partial charge in [-0.25, -0.2) is 0 Å². The third-order valence-electron chi connectivity index (χ3n) is 3.18. The molecule has 0 fully saturated rings. The van der Waals surface area contributed by atoms with Crippen LogP contribution in [0.3, 0.4) is 0 Å². The molecule has 1 N–H and O–H groups in total. The zero-order chi connectivity index (χ0) is 14.7. The minimum atomic E-state index is 0.648. The van der Waals surface area contributed by atoms with Crippen LogP contribution in [0.15, 0.2) is 29.3 Å². The van der Waals surface area contributed by atoms with Crippen molar-refractivity contribution in [3.63, 3.8) is 0 Å². The molecule has 0 saturated carbocycles. The second-order valence-corrected chi connectivity index (χ2v) is 5.70. The van der Waals surface area contributed by atoms with Crippen molar-refractivity contribution in [3.05, 3.63) is 45.1 Å². The van der Waals surface area contributed by atoms with Gasteiger partial charge >= 0.3 is 0 Å². The van der Waals surface area contributed by atoms with E-state index < -0.39 is 0 Å². The van der Waals surface area contributed by atoms with Crippen LogP contribution in [0.5, 0.6) is 5.75 Å². The summed E-state index contributed by atoms with van der Waals surface area (Å²) in [5.41, 5.74) is 3.23. The summed E-state index contributed by atoms with van der Waals surface area (Å²) < 4.78 is 6.41. The third kappa shape index (κ3) is 3.22. The van der Waals surface area contributed by atoms with E-state index in [1.54, 1.807) is 0 Å². The Labute approximate surface area is 129 Å². The summed E-state index contributed by atoms with van der Waals surface area (Å²) in [5.74, 6) is 0.846. The number of aromatic amines is 1. The Hall–Kier alpha value is -1.32. The van der Waals surface area contributed by atoms with Gasteiger partial charge in [-0.3, -0.25) is 0 Å². The number of rotatable bonds is 4. The Bertz CT molecular complexity index is 714.